The molecule has 0 aliphatic heterocycles. The van der Waals surface area contributed by atoms with Crippen molar-refractivity contribution in [3.05, 3.63) is 12.2 Å². The molecule has 1 heteroatoms. The zero-order valence-corrected chi connectivity index (χ0v) is 6.47. The number of fused-ring (bicyclic) bond motifs is 2. The summed E-state index contributed by atoms with van der Waals surface area (Å²) >= 11 is 0. The van der Waals surface area contributed by atoms with Gasteiger partial charge in [-0.25, -0.2) is 0 Å². The second-order valence-electron chi connectivity index (χ2n) is 3.66. The fourth-order valence-corrected chi connectivity index (χ4v) is 2.32. The van der Waals surface area contributed by atoms with Gasteiger partial charge in [0.25, 0.3) is 0 Å². The zero-order valence-electron chi connectivity index (χ0n) is 6.47. The normalized spacial score (nSPS) is 43.1. The van der Waals surface area contributed by atoms with E-state index in [9.17, 15) is 0 Å². The molecule has 1 saturated carbocycles. The van der Waals surface area contributed by atoms with Gasteiger partial charge in [-0.15, -0.1) is 0 Å². The van der Waals surface area contributed by atoms with Gasteiger partial charge in [0.15, 0.2) is 0 Å². The van der Waals surface area contributed by atoms with E-state index in [1.807, 2.05) is 0 Å². The molecule has 2 rings (SSSR count). The summed E-state index contributed by atoms with van der Waals surface area (Å²) in [6, 6.07) is 0. The standard InChI is InChI=1S/C9H14O/c1-10-7-9-4-2-8(6-9)3-5-9/h2,4,8H,3,5-7H2,1H3. The summed E-state index contributed by atoms with van der Waals surface area (Å²) in [4.78, 5) is 0. The third-order valence-electron chi connectivity index (χ3n) is 2.84. The molecule has 2 bridgehead atoms. The van der Waals surface area contributed by atoms with Crippen LogP contribution in [0, 0.1) is 11.3 Å². The van der Waals surface area contributed by atoms with Gasteiger partial charge in [0, 0.05) is 12.5 Å². The Bertz CT molecular complexity index is 162. The third-order valence-corrected chi connectivity index (χ3v) is 2.84. The molecule has 1 fully saturated rings. The van der Waals surface area contributed by atoms with Crippen LogP contribution in [0.4, 0.5) is 0 Å². The molecule has 10 heavy (non-hydrogen) atoms. The smallest absolute Gasteiger partial charge is 0.0553 e. The van der Waals surface area contributed by atoms with Crippen molar-refractivity contribution in [2.24, 2.45) is 11.3 Å². The number of hydrogen-bond acceptors (Lipinski definition) is 1. The number of ether oxygens (including phenoxy) is 1. The molecule has 0 saturated heterocycles. The quantitative estimate of drug-likeness (QED) is 0.530. The summed E-state index contributed by atoms with van der Waals surface area (Å²) in [5.74, 6) is 0.884. The third kappa shape index (κ3) is 0.807. The molecule has 0 aromatic carbocycles. The van der Waals surface area contributed by atoms with E-state index < -0.39 is 0 Å². The van der Waals surface area contributed by atoms with Crippen LogP contribution >= 0.6 is 0 Å². The van der Waals surface area contributed by atoms with Crippen molar-refractivity contribution < 1.29 is 4.74 Å². The van der Waals surface area contributed by atoms with Crippen LogP contribution in [-0.4, -0.2) is 13.7 Å². The summed E-state index contributed by atoms with van der Waals surface area (Å²) in [7, 11) is 1.80. The van der Waals surface area contributed by atoms with Gasteiger partial charge in [0.05, 0.1) is 6.61 Å². The minimum absolute atomic E-state index is 0.458. The fraction of sp³-hybridized carbons (Fsp3) is 0.778. The van der Waals surface area contributed by atoms with Gasteiger partial charge in [-0.3, -0.25) is 0 Å². The van der Waals surface area contributed by atoms with Gasteiger partial charge in [-0.1, -0.05) is 12.2 Å². The van der Waals surface area contributed by atoms with Gasteiger partial charge in [0.2, 0.25) is 0 Å². The van der Waals surface area contributed by atoms with Crippen molar-refractivity contribution in [2.75, 3.05) is 13.7 Å². The van der Waals surface area contributed by atoms with E-state index in [1.54, 1.807) is 7.11 Å². The number of allylic oxidation sites excluding steroid dienone is 1. The first-order valence-electron chi connectivity index (χ1n) is 4.03. The maximum absolute atomic E-state index is 5.20. The monoisotopic (exact) mass is 138 g/mol. The summed E-state index contributed by atoms with van der Waals surface area (Å²) in [5.41, 5.74) is 0.458. The van der Waals surface area contributed by atoms with Crippen molar-refractivity contribution >= 4 is 0 Å². The van der Waals surface area contributed by atoms with Crippen molar-refractivity contribution in [3.8, 4) is 0 Å². The summed E-state index contributed by atoms with van der Waals surface area (Å²) < 4.78 is 5.20. The lowest BCUT2D eigenvalue weighted by molar-refractivity contribution is 0.117. The number of hydrogen-bond donors (Lipinski definition) is 0. The van der Waals surface area contributed by atoms with Gasteiger partial charge in [0.1, 0.15) is 0 Å². The molecular formula is C9H14O. The van der Waals surface area contributed by atoms with Crippen molar-refractivity contribution in [3.63, 3.8) is 0 Å². The Kier molecular flexibility index (Phi) is 1.34. The maximum Gasteiger partial charge on any atom is 0.0553 e. The van der Waals surface area contributed by atoms with Gasteiger partial charge in [-0.05, 0) is 25.2 Å². The molecule has 0 radical (unpaired) electrons. The van der Waals surface area contributed by atoms with E-state index in [4.69, 9.17) is 4.74 Å². The molecule has 0 aromatic heterocycles. The SMILES string of the molecule is COCC12C=CC(CC1)C2. The van der Waals surface area contributed by atoms with Crippen molar-refractivity contribution in [2.45, 2.75) is 19.3 Å². The molecule has 2 aliphatic rings. The zero-order chi connectivity index (χ0) is 7.03. The minimum atomic E-state index is 0.458. The van der Waals surface area contributed by atoms with Gasteiger partial charge >= 0.3 is 0 Å². The molecule has 2 atom stereocenters. The maximum atomic E-state index is 5.20. The lowest BCUT2D eigenvalue weighted by Gasteiger charge is -2.21. The second-order valence-corrected chi connectivity index (χ2v) is 3.66. The Labute approximate surface area is 62.1 Å². The largest absolute Gasteiger partial charge is 0.384 e. The van der Waals surface area contributed by atoms with Crippen LogP contribution in [0.3, 0.4) is 0 Å². The lowest BCUT2D eigenvalue weighted by Crippen LogP contribution is -2.18. The predicted octanol–water partition coefficient (Wildman–Crippen LogP) is 1.99. The Balaban J connectivity index is 2.09. The average Bonchev–Trinajstić information content (AvgIpc) is 2.46. The van der Waals surface area contributed by atoms with E-state index in [0.717, 1.165) is 12.5 Å². The first-order chi connectivity index (χ1) is 4.85. The van der Waals surface area contributed by atoms with Crippen LogP contribution in [0.5, 0.6) is 0 Å². The van der Waals surface area contributed by atoms with Crippen molar-refractivity contribution in [1.82, 2.24) is 0 Å². The van der Waals surface area contributed by atoms with Crippen LogP contribution in [0.2, 0.25) is 0 Å². The molecule has 0 heterocycles. The van der Waals surface area contributed by atoms with E-state index in [-0.39, 0.29) is 0 Å². The molecule has 0 N–H and O–H groups in total. The Morgan fingerprint density at radius 1 is 1.70 bits per heavy atom. The summed E-state index contributed by atoms with van der Waals surface area (Å²) in [6.45, 7) is 0.931. The first kappa shape index (κ1) is 6.41. The van der Waals surface area contributed by atoms with Crippen LogP contribution in [0.15, 0.2) is 12.2 Å². The van der Waals surface area contributed by atoms with Crippen LogP contribution in [-0.2, 0) is 4.74 Å². The fourth-order valence-electron chi connectivity index (χ4n) is 2.32. The molecule has 0 spiro atoms. The predicted molar refractivity (Wildman–Crippen MR) is 40.8 cm³/mol. The van der Waals surface area contributed by atoms with Crippen molar-refractivity contribution in [1.29, 1.82) is 0 Å². The highest BCUT2D eigenvalue weighted by Gasteiger charge is 2.40. The van der Waals surface area contributed by atoms with E-state index in [0.29, 0.717) is 5.41 Å². The van der Waals surface area contributed by atoms with Gasteiger partial charge in [-0.2, -0.15) is 0 Å². The lowest BCUT2D eigenvalue weighted by atomic mass is 9.89. The average molecular weight is 138 g/mol. The van der Waals surface area contributed by atoms with Crippen LogP contribution in [0.25, 0.3) is 0 Å². The van der Waals surface area contributed by atoms with E-state index in [1.165, 1.54) is 19.3 Å². The highest BCUT2D eigenvalue weighted by molar-refractivity contribution is 5.15. The van der Waals surface area contributed by atoms with Crippen LogP contribution in [0.1, 0.15) is 19.3 Å². The molecule has 2 aliphatic carbocycles. The number of rotatable bonds is 2. The Morgan fingerprint density at radius 2 is 2.60 bits per heavy atom. The summed E-state index contributed by atoms with van der Waals surface area (Å²) in [6.07, 6.45) is 8.82. The molecular weight excluding hydrogens is 124 g/mol. The first-order valence-corrected chi connectivity index (χ1v) is 4.03. The van der Waals surface area contributed by atoms with Crippen LogP contribution < -0.4 is 0 Å². The topological polar surface area (TPSA) is 9.23 Å². The molecule has 0 amide bonds. The molecule has 0 aromatic rings. The minimum Gasteiger partial charge on any atom is -0.384 e. The van der Waals surface area contributed by atoms with E-state index in [2.05, 4.69) is 12.2 Å². The summed E-state index contributed by atoms with van der Waals surface area (Å²) in [5, 5.41) is 0. The molecule has 56 valence electrons. The highest BCUT2D eigenvalue weighted by Crippen LogP contribution is 2.48. The molecule has 2 unspecified atom stereocenters. The second kappa shape index (κ2) is 2.09. The Morgan fingerprint density at radius 3 is 3.00 bits per heavy atom. The highest BCUT2D eigenvalue weighted by atomic mass is 16.5. The molecule has 1 nitrogen and oxygen atoms in total. The van der Waals surface area contributed by atoms with E-state index >= 15 is 0 Å². The van der Waals surface area contributed by atoms with Gasteiger partial charge < -0.3 is 4.74 Å². The Hall–Kier alpha value is -0.300. The number of methoxy groups -OCH3 is 1.